The van der Waals surface area contributed by atoms with Crippen LogP contribution < -0.4 is 10.5 Å². The summed E-state index contributed by atoms with van der Waals surface area (Å²) >= 11 is 1.40. The monoisotopic (exact) mass is 389 g/mol. The van der Waals surface area contributed by atoms with Crippen LogP contribution in [0.2, 0.25) is 0 Å². The van der Waals surface area contributed by atoms with E-state index in [4.69, 9.17) is 4.74 Å². The molecule has 0 radical (unpaired) electrons. The minimum absolute atomic E-state index is 0.115. The van der Waals surface area contributed by atoms with Crippen LogP contribution in [0.5, 0.6) is 0 Å². The van der Waals surface area contributed by atoms with Crippen molar-refractivity contribution in [3.05, 3.63) is 46.5 Å². The maximum atomic E-state index is 13.3. The standard InChI is InChI=1S/C18H20FN5O2S/c1-26-10-16-21-18(27-22-16)23-6-4-12(5-7-23)9-24-11-20-15-8-13(19)2-3-14(15)17(24)25/h2-3,8,11-12H,4-7,9-10H2,1H3. The van der Waals surface area contributed by atoms with Crippen LogP contribution in [0.1, 0.15) is 18.7 Å². The van der Waals surface area contributed by atoms with Gasteiger partial charge >= 0.3 is 0 Å². The Hall–Kier alpha value is -2.39. The SMILES string of the molecule is COCc1nsc(N2CCC(Cn3cnc4cc(F)ccc4c3=O)CC2)n1. The van der Waals surface area contributed by atoms with Crippen LogP contribution in [0.3, 0.4) is 0 Å². The lowest BCUT2D eigenvalue weighted by molar-refractivity contribution is 0.179. The van der Waals surface area contributed by atoms with Gasteiger partial charge in [0.25, 0.3) is 5.56 Å². The van der Waals surface area contributed by atoms with Crippen LogP contribution in [0, 0.1) is 11.7 Å². The van der Waals surface area contributed by atoms with Gasteiger partial charge in [-0.3, -0.25) is 9.36 Å². The number of halogens is 1. The van der Waals surface area contributed by atoms with E-state index in [0.717, 1.165) is 31.1 Å². The van der Waals surface area contributed by atoms with Crippen LogP contribution in [0.25, 0.3) is 10.9 Å². The van der Waals surface area contributed by atoms with Gasteiger partial charge in [0, 0.05) is 44.3 Å². The second kappa shape index (κ2) is 7.69. The second-order valence-corrected chi connectivity index (χ2v) is 7.45. The highest BCUT2D eigenvalue weighted by Gasteiger charge is 2.22. The van der Waals surface area contributed by atoms with Gasteiger partial charge < -0.3 is 9.64 Å². The van der Waals surface area contributed by atoms with Gasteiger partial charge in [0.1, 0.15) is 12.4 Å². The number of nitrogens with zero attached hydrogens (tertiary/aromatic N) is 5. The smallest absolute Gasteiger partial charge is 0.261 e. The van der Waals surface area contributed by atoms with Crippen molar-refractivity contribution in [1.29, 1.82) is 0 Å². The molecule has 0 saturated carbocycles. The molecule has 4 rings (SSSR count). The molecule has 1 fully saturated rings. The second-order valence-electron chi connectivity index (χ2n) is 6.72. The number of ether oxygens (including phenoxy) is 1. The third kappa shape index (κ3) is 3.84. The number of rotatable bonds is 5. The predicted octanol–water partition coefficient (Wildman–Crippen LogP) is 2.45. The average molecular weight is 389 g/mol. The van der Waals surface area contributed by atoms with E-state index < -0.39 is 0 Å². The lowest BCUT2D eigenvalue weighted by atomic mass is 9.97. The molecule has 0 amide bonds. The van der Waals surface area contributed by atoms with Crippen molar-refractivity contribution in [2.24, 2.45) is 5.92 Å². The maximum absolute atomic E-state index is 13.3. The first-order chi connectivity index (χ1) is 13.1. The zero-order chi connectivity index (χ0) is 18.8. The third-order valence-corrected chi connectivity index (χ3v) is 5.67. The highest BCUT2D eigenvalue weighted by molar-refractivity contribution is 7.09. The molecule has 1 saturated heterocycles. The summed E-state index contributed by atoms with van der Waals surface area (Å²) < 4.78 is 24.3. The number of methoxy groups -OCH3 is 1. The Labute approximate surface area is 159 Å². The van der Waals surface area contributed by atoms with E-state index in [1.807, 2.05) is 0 Å². The molecule has 1 aliphatic heterocycles. The highest BCUT2D eigenvalue weighted by atomic mass is 32.1. The van der Waals surface area contributed by atoms with Crippen molar-refractivity contribution in [1.82, 2.24) is 18.9 Å². The van der Waals surface area contributed by atoms with Crippen molar-refractivity contribution >= 4 is 27.6 Å². The molecular formula is C18H20FN5O2S. The van der Waals surface area contributed by atoms with E-state index in [9.17, 15) is 9.18 Å². The zero-order valence-corrected chi connectivity index (χ0v) is 15.8. The van der Waals surface area contributed by atoms with Gasteiger partial charge in [-0.2, -0.15) is 4.37 Å². The summed E-state index contributed by atoms with van der Waals surface area (Å²) in [5.74, 6) is 0.722. The van der Waals surface area contributed by atoms with Gasteiger partial charge in [-0.15, -0.1) is 0 Å². The first-order valence-corrected chi connectivity index (χ1v) is 9.62. The number of benzene rings is 1. The molecule has 27 heavy (non-hydrogen) atoms. The van der Waals surface area contributed by atoms with Gasteiger partial charge in [0.05, 0.1) is 17.2 Å². The summed E-state index contributed by atoms with van der Waals surface area (Å²) in [7, 11) is 1.63. The van der Waals surface area contributed by atoms with Gasteiger partial charge in [-0.05, 0) is 30.9 Å². The summed E-state index contributed by atoms with van der Waals surface area (Å²) in [6, 6.07) is 4.10. The summed E-state index contributed by atoms with van der Waals surface area (Å²) in [5, 5.41) is 1.38. The quantitative estimate of drug-likeness (QED) is 0.667. The molecular weight excluding hydrogens is 369 g/mol. The highest BCUT2D eigenvalue weighted by Crippen LogP contribution is 2.25. The third-order valence-electron chi connectivity index (χ3n) is 4.86. The topological polar surface area (TPSA) is 73.1 Å². The first kappa shape index (κ1) is 18.0. The Morgan fingerprint density at radius 3 is 2.93 bits per heavy atom. The van der Waals surface area contributed by atoms with Gasteiger partial charge in [-0.1, -0.05) is 0 Å². The fourth-order valence-corrected chi connectivity index (χ4v) is 4.13. The molecule has 0 N–H and O–H groups in total. The number of hydrogen-bond donors (Lipinski definition) is 0. The van der Waals surface area contributed by atoms with E-state index in [0.29, 0.717) is 35.8 Å². The summed E-state index contributed by atoms with van der Waals surface area (Å²) in [4.78, 5) is 23.6. The maximum Gasteiger partial charge on any atom is 0.261 e. The van der Waals surface area contributed by atoms with E-state index in [1.54, 1.807) is 11.7 Å². The molecule has 0 atom stereocenters. The van der Waals surface area contributed by atoms with Gasteiger partial charge in [0.15, 0.2) is 5.82 Å². The Bertz CT molecular complexity index is 997. The molecule has 7 nitrogen and oxygen atoms in total. The number of hydrogen-bond acceptors (Lipinski definition) is 7. The van der Waals surface area contributed by atoms with Crippen LogP contribution in [-0.4, -0.2) is 39.1 Å². The fraction of sp³-hybridized carbons (Fsp3) is 0.444. The molecule has 0 unspecified atom stereocenters. The molecule has 0 aliphatic carbocycles. The molecule has 1 aliphatic rings. The van der Waals surface area contributed by atoms with Crippen LogP contribution in [-0.2, 0) is 17.9 Å². The van der Waals surface area contributed by atoms with Crippen molar-refractivity contribution in [2.45, 2.75) is 26.0 Å². The number of anilines is 1. The van der Waals surface area contributed by atoms with E-state index in [1.165, 1.54) is 36.1 Å². The van der Waals surface area contributed by atoms with Crippen molar-refractivity contribution in [3.8, 4) is 0 Å². The normalized spacial score (nSPS) is 15.6. The fourth-order valence-electron chi connectivity index (χ4n) is 3.41. The summed E-state index contributed by atoms with van der Waals surface area (Å²) in [5.41, 5.74) is 0.282. The lowest BCUT2D eigenvalue weighted by Gasteiger charge is -2.31. The van der Waals surface area contributed by atoms with E-state index in [-0.39, 0.29) is 11.4 Å². The average Bonchev–Trinajstić information content (AvgIpc) is 3.13. The first-order valence-electron chi connectivity index (χ1n) is 8.85. The minimum Gasteiger partial charge on any atom is -0.377 e. The Balaban J connectivity index is 1.41. The molecule has 3 aromatic rings. The largest absolute Gasteiger partial charge is 0.377 e. The molecule has 0 bridgehead atoms. The predicted molar refractivity (Wildman–Crippen MR) is 102 cm³/mol. The Morgan fingerprint density at radius 2 is 2.15 bits per heavy atom. The molecule has 3 heterocycles. The van der Waals surface area contributed by atoms with Crippen molar-refractivity contribution < 1.29 is 9.13 Å². The van der Waals surface area contributed by atoms with Gasteiger partial charge in [0.2, 0.25) is 5.13 Å². The van der Waals surface area contributed by atoms with E-state index in [2.05, 4.69) is 19.2 Å². The zero-order valence-electron chi connectivity index (χ0n) is 15.0. The Kier molecular flexibility index (Phi) is 5.13. The van der Waals surface area contributed by atoms with Crippen LogP contribution in [0.4, 0.5) is 9.52 Å². The Morgan fingerprint density at radius 1 is 1.33 bits per heavy atom. The minimum atomic E-state index is -0.384. The molecule has 9 heteroatoms. The van der Waals surface area contributed by atoms with Gasteiger partial charge in [-0.25, -0.2) is 14.4 Å². The summed E-state index contributed by atoms with van der Waals surface area (Å²) in [6.45, 7) is 2.81. The molecule has 1 aromatic carbocycles. The molecule has 142 valence electrons. The number of fused-ring (bicyclic) bond motifs is 1. The van der Waals surface area contributed by atoms with Crippen LogP contribution >= 0.6 is 11.5 Å². The number of aromatic nitrogens is 4. The van der Waals surface area contributed by atoms with Crippen molar-refractivity contribution in [3.63, 3.8) is 0 Å². The molecule has 2 aromatic heterocycles. The number of piperidine rings is 1. The molecule has 0 spiro atoms. The summed E-state index contributed by atoms with van der Waals surface area (Å²) in [6.07, 6.45) is 3.46. The lowest BCUT2D eigenvalue weighted by Crippen LogP contribution is -2.36. The van der Waals surface area contributed by atoms with E-state index >= 15 is 0 Å². The van der Waals surface area contributed by atoms with Crippen molar-refractivity contribution in [2.75, 3.05) is 25.1 Å². The van der Waals surface area contributed by atoms with Crippen LogP contribution in [0.15, 0.2) is 29.3 Å².